The molecule has 0 spiro atoms. The van der Waals surface area contributed by atoms with Crippen molar-refractivity contribution in [1.29, 1.82) is 0 Å². The highest BCUT2D eigenvalue weighted by Crippen LogP contribution is 2.30. The Morgan fingerprint density at radius 2 is 2.00 bits per heavy atom. The Labute approximate surface area is 75.5 Å². The molecule has 0 unspecified atom stereocenters. The fraction of sp³-hybridized carbons (Fsp3) is 0.818. The molecular weight excluding hydrogens is 148 g/mol. The molecule has 0 N–H and O–H groups in total. The molecule has 1 aliphatic rings. The standard InChI is InChI=1S/C11H18O/c1-3-10-12-11(4-2)8-6-5-7-9-11/h2H,3,5-10H2,1H3. The first-order valence-electron chi connectivity index (χ1n) is 4.95. The Bertz CT molecular complexity index is 160. The summed E-state index contributed by atoms with van der Waals surface area (Å²) in [6.45, 7) is 2.93. The van der Waals surface area contributed by atoms with Gasteiger partial charge >= 0.3 is 0 Å². The lowest BCUT2D eigenvalue weighted by Gasteiger charge is -2.32. The van der Waals surface area contributed by atoms with Crippen LogP contribution in [0.1, 0.15) is 45.4 Å². The van der Waals surface area contributed by atoms with Crippen molar-refractivity contribution < 1.29 is 4.74 Å². The van der Waals surface area contributed by atoms with Gasteiger partial charge in [0, 0.05) is 6.61 Å². The Morgan fingerprint density at radius 1 is 1.33 bits per heavy atom. The van der Waals surface area contributed by atoms with Crippen molar-refractivity contribution in [3.63, 3.8) is 0 Å². The molecule has 0 aromatic heterocycles. The van der Waals surface area contributed by atoms with Gasteiger partial charge in [0.05, 0.1) is 0 Å². The first-order valence-corrected chi connectivity index (χ1v) is 4.95. The van der Waals surface area contributed by atoms with E-state index in [0.717, 1.165) is 25.9 Å². The second-order valence-corrected chi connectivity index (χ2v) is 3.55. The topological polar surface area (TPSA) is 9.23 Å². The van der Waals surface area contributed by atoms with Gasteiger partial charge in [0.25, 0.3) is 0 Å². The third kappa shape index (κ3) is 2.25. The number of terminal acetylenes is 1. The Kier molecular flexibility index (Phi) is 3.62. The lowest BCUT2D eigenvalue weighted by atomic mass is 9.85. The predicted molar refractivity (Wildman–Crippen MR) is 50.9 cm³/mol. The lowest BCUT2D eigenvalue weighted by molar-refractivity contribution is -0.0254. The highest BCUT2D eigenvalue weighted by Gasteiger charge is 2.29. The molecule has 0 saturated heterocycles. The molecule has 0 aromatic carbocycles. The summed E-state index contributed by atoms with van der Waals surface area (Å²) >= 11 is 0. The quantitative estimate of drug-likeness (QED) is 0.586. The number of rotatable bonds is 3. The molecule has 1 nitrogen and oxygen atoms in total. The normalized spacial score (nSPS) is 21.7. The van der Waals surface area contributed by atoms with E-state index < -0.39 is 0 Å². The monoisotopic (exact) mass is 166 g/mol. The smallest absolute Gasteiger partial charge is 0.128 e. The van der Waals surface area contributed by atoms with E-state index in [-0.39, 0.29) is 5.60 Å². The summed E-state index contributed by atoms with van der Waals surface area (Å²) in [6, 6.07) is 0. The zero-order valence-corrected chi connectivity index (χ0v) is 7.94. The van der Waals surface area contributed by atoms with Crippen molar-refractivity contribution in [3.8, 4) is 12.3 Å². The van der Waals surface area contributed by atoms with Gasteiger partial charge in [-0.2, -0.15) is 0 Å². The molecule has 0 heterocycles. The van der Waals surface area contributed by atoms with Gasteiger partial charge in [0.2, 0.25) is 0 Å². The maximum atomic E-state index is 5.73. The summed E-state index contributed by atoms with van der Waals surface area (Å²) in [6.07, 6.45) is 12.5. The van der Waals surface area contributed by atoms with Crippen LogP contribution in [0.15, 0.2) is 0 Å². The van der Waals surface area contributed by atoms with Crippen molar-refractivity contribution in [2.24, 2.45) is 0 Å². The van der Waals surface area contributed by atoms with E-state index in [4.69, 9.17) is 11.2 Å². The number of hydrogen-bond donors (Lipinski definition) is 0. The van der Waals surface area contributed by atoms with Gasteiger partial charge in [-0.25, -0.2) is 0 Å². The van der Waals surface area contributed by atoms with Crippen molar-refractivity contribution in [1.82, 2.24) is 0 Å². The van der Waals surface area contributed by atoms with Gasteiger partial charge in [-0.05, 0) is 32.1 Å². The number of ether oxygens (including phenoxy) is 1. The second kappa shape index (κ2) is 4.52. The fourth-order valence-electron chi connectivity index (χ4n) is 1.75. The van der Waals surface area contributed by atoms with Crippen LogP contribution in [0.25, 0.3) is 0 Å². The van der Waals surface area contributed by atoms with Crippen LogP contribution in [-0.4, -0.2) is 12.2 Å². The molecule has 1 heteroatoms. The number of hydrogen-bond acceptors (Lipinski definition) is 1. The summed E-state index contributed by atoms with van der Waals surface area (Å²) < 4.78 is 5.73. The zero-order valence-electron chi connectivity index (χ0n) is 7.94. The van der Waals surface area contributed by atoms with E-state index in [1.54, 1.807) is 0 Å². The van der Waals surface area contributed by atoms with E-state index in [0.29, 0.717) is 0 Å². The molecular formula is C11H18O. The molecule has 1 rings (SSSR count). The van der Waals surface area contributed by atoms with Crippen LogP contribution in [0, 0.1) is 12.3 Å². The van der Waals surface area contributed by atoms with Crippen LogP contribution in [-0.2, 0) is 4.74 Å². The first-order chi connectivity index (χ1) is 5.83. The lowest BCUT2D eigenvalue weighted by Crippen LogP contribution is -2.33. The molecule has 0 aliphatic heterocycles. The van der Waals surface area contributed by atoms with Gasteiger partial charge in [0.15, 0.2) is 0 Å². The minimum absolute atomic E-state index is 0.200. The molecule has 1 fully saturated rings. The second-order valence-electron chi connectivity index (χ2n) is 3.55. The molecule has 1 saturated carbocycles. The summed E-state index contributed by atoms with van der Waals surface area (Å²) in [5, 5.41) is 0. The summed E-state index contributed by atoms with van der Waals surface area (Å²) in [4.78, 5) is 0. The highest BCUT2D eigenvalue weighted by atomic mass is 16.5. The predicted octanol–water partition coefficient (Wildman–Crippen LogP) is 2.75. The highest BCUT2D eigenvalue weighted by molar-refractivity contribution is 5.09. The Morgan fingerprint density at radius 3 is 2.50 bits per heavy atom. The SMILES string of the molecule is C#CC1(OCCC)CCCCC1. The minimum Gasteiger partial charge on any atom is -0.362 e. The Hall–Kier alpha value is -0.480. The van der Waals surface area contributed by atoms with Gasteiger partial charge in [0.1, 0.15) is 5.60 Å². The van der Waals surface area contributed by atoms with Crippen LogP contribution in [0.5, 0.6) is 0 Å². The van der Waals surface area contributed by atoms with E-state index in [1.165, 1.54) is 19.3 Å². The third-order valence-corrected chi connectivity index (χ3v) is 2.51. The van der Waals surface area contributed by atoms with Crippen LogP contribution < -0.4 is 0 Å². The summed E-state index contributed by atoms with van der Waals surface area (Å²) in [7, 11) is 0. The maximum Gasteiger partial charge on any atom is 0.128 e. The van der Waals surface area contributed by atoms with Gasteiger partial charge in [-0.15, -0.1) is 6.42 Å². The molecule has 0 bridgehead atoms. The van der Waals surface area contributed by atoms with Gasteiger partial charge < -0.3 is 4.74 Å². The maximum absolute atomic E-state index is 5.73. The molecule has 1 aliphatic carbocycles. The summed E-state index contributed by atoms with van der Waals surface area (Å²) in [5.74, 6) is 2.83. The van der Waals surface area contributed by atoms with Crippen molar-refractivity contribution in [3.05, 3.63) is 0 Å². The van der Waals surface area contributed by atoms with Crippen molar-refractivity contribution in [2.75, 3.05) is 6.61 Å². The zero-order chi connectivity index (χ0) is 8.86. The largest absolute Gasteiger partial charge is 0.362 e. The molecule has 0 atom stereocenters. The molecule has 0 amide bonds. The minimum atomic E-state index is -0.200. The van der Waals surface area contributed by atoms with Crippen LogP contribution >= 0.6 is 0 Å². The molecule has 12 heavy (non-hydrogen) atoms. The molecule has 0 radical (unpaired) electrons. The molecule has 0 aromatic rings. The van der Waals surface area contributed by atoms with Gasteiger partial charge in [-0.3, -0.25) is 0 Å². The first kappa shape index (κ1) is 9.61. The van der Waals surface area contributed by atoms with E-state index in [1.807, 2.05) is 0 Å². The average molecular weight is 166 g/mol. The molecule has 68 valence electrons. The van der Waals surface area contributed by atoms with E-state index in [2.05, 4.69) is 12.8 Å². The van der Waals surface area contributed by atoms with E-state index in [9.17, 15) is 0 Å². The Balaban J connectivity index is 2.44. The fourth-order valence-corrected chi connectivity index (χ4v) is 1.75. The van der Waals surface area contributed by atoms with Crippen molar-refractivity contribution in [2.45, 2.75) is 51.0 Å². The van der Waals surface area contributed by atoms with E-state index >= 15 is 0 Å². The van der Waals surface area contributed by atoms with Crippen LogP contribution in [0.3, 0.4) is 0 Å². The third-order valence-electron chi connectivity index (χ3n) is 2.51. The van der Waals surface area contributed by atoms with Crippen molar-refractivity contribution >= 4 is 0 Å². The summed E-state index contributed by atoms with van der Waals surface area (Å²) in [5.41, 5.74) is -0.200. The van der Waals surface area contributed by atoms with Crippen LogP contribution in [0.4, 0.5) is 0 Å². The van der Waals surface area contributed by atoms with Crippen LogP contribution in [0.2, 0.25) is 0 Å². The van der Waals surface area contributed by atoms with Gasteiger partial charge in [-0.1, -0.05) is 19.3 Å². The average Bonchev–Trinajstić information content (AvgIpc) is 2.16.